The lowest BCUT2D eigenvalue weighted by atomic mass is 9.90. The monoisotopic (exact) mass is 652 g/mol. The van der Waals surface area contributed by atoms with Gasteiger partial charge in [-0.05, 0) is 109 Å². The van der Waals surface area contributed by atoms with E-state index in [9.17, 15) is 0 Å². The Bertz CT molecular complexity index is 2740. The lowest BCUT2D eigenvalue weighted by Gasteiger charge is -2.28. The van der Waals surface area contributed by atoms with Crippen LogP contribution in [0.25, 0.3) is 65.8 Å². The van der Waals surface area contributed by atoms with Gasteiger partial charge in [-0.3, -0.25) is 9.97 Å². The maximum absolute atomic E-state index is 4.98. The zero-order chi connectivity index (χ0) is 33.7. The van der Waals surface area contributed by atoms with Gasteiger partial charge in [-0.2, -0.15) is 0 Å². The van der Waals surface area contributed by atoms with Crippen molar-refractivity contribution in [2.75, 3.05) is 10.2 Å². The number of rotatable bonds is 5. The van der Waals surface area contributed by atoms with Crippen LogP contribution < -0.4 is 10.2 Å². The van der Waals surface area contributed by atoms with E-state index in [4.69, 9.17) is 4.98 Å². The largest absolute Gasteiger partial charge is 0.358 e. The van der Waals surface area contributed by atoms with Crippen LogP contribution in [0.3, 0.4) is 0 Å². The molecule has 7 aromatic carbocycles. The fourth-order valence-electron chi connectivity index (χ4n) is 7.76. The van der Waals surface area contributed by atoms with Crippen molar-refractivity contribution in [1.82, 2.24) is 9.97 Å². The second kappa shape index (κ2) is 12.0. The summed E-state index contributed by atoms with van der Waals surface area (Å²) in [4.78, 5) is 11.9. The molecule has 1 aliphatic heterocycles. The van der Waals surface area contributed by atoms with E-state index in [0.29, 0.717) is 0 Å². The molecule has 0 aliphatic carbocycles. The van der Waals surface area contributed by atoms with E-state index in [-0.39, 0.29) is 6.17 Å². The number of anilines is 3. The Labute approximate surface area is 296 Å². The SMILES string of the molecule is c1ccc(N2c3ccnc(-c4ccc5ccccc5c4)c3NC2c2cc(-c3cccnc3)cc(-c3cc4ccccc4c4ccccc34)c2)cc1. The van der Waals surface area contributed by atoms with Gasteiger partial charge in [0.05, 0.1) is 17.1 Å². The number of pyridine rings is 2. The van der Waals surface area contributed by atoms with Crippen molar-refractivity contribution in [3.05, 3.63) is 188 Å². The number of benzene rings is 7. The first-order chi connectivity index (χ1) is 25.3. The Morgan fingerprint density at radius 2 is 1.24 bits per heavy atom. The van der Waals surface area contributed by atoms with Gasteiger partial charge < -0.3 is 10.2 Å². The minimum Gasteiger partial charge on any atom is -0.358 e. The van der Waals surface area contributed by atoms with Crippen LogP contribution in [0.15, 0.2) is 182 Å². The summed E-state index contributed by atoms with van der Waals surface area (Å²) in [5.41, 5.74) is 10.9. The first-order valence-electron chi connectivity index (χ1n) is 17.3. The smallest absolute Gasteiger partial charge is 0.130 e. The average molecular weight is 653 g/mol. The van der Waals surface area contributed by atoms with Gasteiger partial charge >= 0.3 is 0 Å². The normalized spacial score (nSPS) is 13.8. The molecule has 0 saturated carbocycles. The van der Waals surface area contributed by atoms with Crippen LogP contribution in [0.5, 0.6) is 0 Å². The Kier molecular flexibility index (Phi) is 6.85. The number of fused-ring (bicyclic) bond motifs is 5. The molecule has 51 heavy (non-hydrogen) atoms. The number of aromatic nitrogens is 2. The molecule has 1 aliphatic rings. The first-order valence-corrected chi connectivity index (χ1v) is 17.3. The summed E-state index contributed by atoms with van der Waals surface area (Å²) in [6.07, 6.45) is 5.52. The lowest BCUT2D eigenvalue weighted by molar-refractivity contribution is 0.829. The van der Waals surface area contributed by atoms with Crippen LogP contribution in [0.1, 0.15) is 11.7 Å². The van der Waals surface area contributed by atoms with Crippen LogP contribution >= 0.6 is 0 Å². The quantitative estimate of drug-likeness (QED) is 0.188. The van der Waals surface area contributed by atoms with Gasteiger partial charge in [0.2, 0.25) is 0 Å². The molecule has 1 atom stereocenters. The Hall–Kier alpha value is -6.78. The zero-order valence-corrected chi connectivity index (χ0v) is 27.7. The summed E-state index contributed by atoms with van der Waals surface area (Å²) in [5, 5.41) is 11.4. The van der Waals surface area contributed by atoms with Gasteiger partial charge in [0, 0.05) is 35.4 Å². The molecule has 240 valence electrons. The predicted octanol–water partition coefficient (Wildman–Crippen LogP) is 12.2. The summed E-state index contributed by atoms with van der Waals surface area (Å²) < 4.78 is 0. The maximum Gasteiger partial charge on any atom is 0.130 e. The van der Waals surface area contributed by atoms with E-state index >= 15 is 0 Å². The van der Waals surface area contributed by atoms with E-state index in [0.717, 1.165) is 50.6 Å². The van der Waals surface area contributed by atoms with Crippen molar-refractivity contribution < 1.29 is 0 Å². The molecule has 1 N–H and O–H groups in total. The second-order valence-corrected chi connectivity index (χ2v) is 13.1. The molecule has 0 saturated heterocycles. The molecule has 0 bridgehead atoms. The highest BCUT2D eigenvalue weighted by Crippen LogP contribution is 2.50. The van der Waals surface area contributed by atoms with E-state index in [1.54, 1.807) is 0 Å². The molecular weight excluding hydrogens is 621 g/mol. The number of hydrogen-bond donors (Lipinski definition) is 1. The van der Waals surface area contributed by atoms with Crippen LogP contribution in [0.4, 0.5) is 17.1 Å². The highest BCUT2D eigenvalue weighted by Gasteiger charge is 2.34. The average Bonchev–Trinajstić information content (AvgIpc) is 3.61. The molecule has 4 nitrogen and oxygen atoms in total. The molecule has 1 unspecified atom stereocenters. The molecule has 3 heterocycles. The van der Waals surface area contributed by atoms with E-state index in [1.807, 2.05) is 24.7 Å². The van der Waals surface area contributed by atoms with Gasteiger partial charge in [-0.1, -0.05) is 109 Å². The third kappa shape index (κ3) is 5.00. The highest BCUT2D eigenvalue weighted by molar-refractivity contribution is 6.14. The molecule has 2 aromatic heterocycles. The van der Waals surface area contributed by atoms with E-state index in [1.165, 1.54) is 37.9 Å². The first kappa shape index (κ1) is 29.2. The van der Waals surface area contributed by atoms with Crippen molar-refractivity contribution in [3.8, 4) is 33.5 Å². The van der Waals surface area contributed by atoms with Crippen LogP contribution in [-0.4, -0.2) is 9.97 Å². The van der Waals surface area contributed by atoms with E-state index in [2.05, 4.69) is 173 Å². The van der Waals surface area contributed by atoms with Gasteiger partial charge in [-0.25, -0.2) is 0 Å². The Balaban J connectivity index is 1.20. The fourth-order valence-corrected chi connectivity index (χ4v) is 7.76. The van der Waals surface area contributed by atoms with Crippen LogP contribution in [0, 0.1) is 0 Å². The third-order valence-electron chi connectivity index (χ3n) is 10.1. The topological polar surface area (TPSA) is 41.1 Å². The van der Waals surface area contributed by atoms with Crippen molar-refractivity contribution in [1.29, 1.82) is 0 Å². The minimum absolute atomic E-state index is 0.201. The minimum atomic E-state index is -0.201. The summed E-state index contributed by atoms with van der Waals surface area (Å²) >= 11 is 0. The van der Waals surface area contributed by atoms with Gasteiger partial charge in [0.1, 0.15) is 6.17 Å². The number of nitrogens with one attached hydrogen (secondary N) is 1. The molecule has 9 aromatic rings. The summed E-state index contributed by atoms with van der Waals surface area (Å²) in [6.45, 7) is 0. The maximum atomic E-state index is 4.98. The Morgan fingerprint density at radius 1 is 0.490 bits per heavy atom. The summed E-state index contributed by atoms with van der Waals surface area (Å²) in [7, 11) is 0. The molecular formula is C47H32N4. The van der Waals surface area contributed by atoms with Gasteiger partial charge in [-0.15, -0.1) is 0 Å². The standard InChI is InChI=1S/C47H32N4/c1-2-15-39(16-3-1)51-44-22-24-49-45(34-21-20-31-11-4-5-12-32(31)25-34)46(44)50-47(51)38-27-36(35-14-10-23-48-30-35)26-37(28-38)43-29-33-13-6-7-17-40(33)41-18-8-9-19-42(41)43/h1-30,47,50H. The number of nitrogens with zero attached hydrogens (tertiary/aromatic N) is 3. The highest BCUT2D eigenvalue weighted by atomic mass is 15.3. The molecule has 0 spiro atoms. The molecule has 0 radical (unpaired) electrons. The predicted molar refractivity (Wildman–Crippen MR) is 212 cm³/mol. The van der Waals surface area contributed by atoms with Gasteiger partial charge in [0.15, 0.2) is 0 Å². The van der Waals surface area contributed by atoms with Crippen molar-refractivity contribution >= 4 is 49.4 Å². The summed E-state index contributed by atoms with van der Waals surface area (Å²) in [6, 6.07) is 58.8. The van der Waals surface area contributed by atoms with Crippen molar-refractivity contribution in [3.63, 3.8) is 0 Å². The summed E-state index contributed by atoms with van der Waals surface area (Å²) in [5.74, 6) is 0. The molecule has 0 amide bonds. The van der Waals surface area contributed by atoms with Gasteiger partial charge in [0.25, 0.3) is 0 Å². The number of para-hydroxylation sites is 1. The van der Waals surface area contributed by atoms with Crippen molar-refractivity contribution in [2.24, 2.45) is 0 Å². The van der Waals surface area contributed by atoms with Crippen molar-refractivity contribution in [2.45, 2.75) is 6.17 Å². The Morgan fingerprint density at radius 3 is 2.08 bits per heavy atom. The molecule has 0 fully saturated rings. The van der Waals surface area contributed by atoms with E-state index < -0.39 is 0 Å². The second-order valence-electron chi connectivity index (χ2n) is 13.1. The number of hydrogen-bond acceptors (Lipinski definition) is 4. The lowest BCUT2D eigenvalue weighted by Crippen LogP contribution is -2.23. The molecule has 4 heteroatoms. The fraction of sp³-hybridized carbons (Fsp3) is 0.0213. The third-order valence-corrected chi connectivity index (χ3v) is 10.1. The molecule has 10 rings (SSSR count). The zero-order valence-electron chi connectivity index (χ0n) is 27.7. The van der Waals surface area contributed by atoms with Crippen LogP contribution in [-0.2, 0) is 0 Å². The van der Waals surface area contributed by atoms with Crippen LogP contribution in [0.2, 0.25) is 0 Å².